The molecule has 2 heterocycles. The summed E-state index contributed by atoms with van der Waals surface area (Å²) in [5.41, 5.74) is -3.47. The predicted molar refractivity (Wildman–Crippen MR) is 155 cm³/mol. The van der Waals surface area contributed by atoms with Crippen molar-refractivity contribution in [2.75, 3.05) is 18.5 Å². The molecule has 3 rings (SSSR count). The summed E-state index contributed by atoms with van der Waals surface area (Å²) >= 11 is 0. The summed E-state index contributed by atoms with van der Waals surface area (Å²) in [6.45, 7) is 8.91. The van der Waals surface area contributed by atoms with Crippen molar-refractivity contribution in [2.24, 2.45) is 0 Å². The topological polar surface area (TPSA) is 167 Å². The van der Waals surface area contributed by atoms with Crippen molar-refractivity contribution in [1.82, 2.24) is 14.6 Å². The van der Waals surface area contributed by atoms with Crippen LogP contribution in [-0.4, -0.2) is 63.7 Å². The normalized spacial score (nSPS) is 23.5. The minimum atomic E-state index is -4.35. The van der Waals surface area contributed by atoms with Crippen molar-refractivity contribution in [3.05, 3.63) is 78.4 Å². The Kier molecular flexibility index (Phi) is 11.9. The van der Waals surface area contributed by atoms with E-state index in [9.17, 15) is 24.1 Å². The highest BCUT2D eigenvalue weighted by molar-refractivity contribution is 7.52. The molecule has 3 N–H and O–H groups in total. The minimum absolute atomic E-state index is 0.0449. The van der Waals surface area contributed by atoms with Gasteiger partial charge in [0.15, 0.2) is 11.9 Å². The highest BCUT2D eigenvalue weighted by Gasteiger charge is 2.56. The van der Waals surface area contributed by atoms with Gasteiger partial charge in [-0.25, -0.2) is 13.8 Å². The highest BCUT2D eigenvalue weighted by Crippen LogP contribution is 2.47. The Hall–Kier alpha value is -3.68. The van der Waals surface area contributed by atoms with Gasteiger partial charge in [0.05, 0.1) is 13.2 Å². The predicted octanol–water partition coefficient (Wildman–Crippen LogP) is 3.44. The summed E-state index contributed by atoms with van der Waals surface area (Å²) in [7, 11) is -4.35. The first-order valence-corrected chi connectivity index (χ1v) is 15.0. The highest BCUT2D eigenvalue weighted by atomic mass is 31.2. The number of nitrogens with zero attached hydrogens (tertiary/aromatic N) is 2. The number of anilines is 1. The second-order valence-electron chi connectivity index (χ2n) is 9.79. The number of hydrogen-bond acceptors (Lipinski definition) is 10. The van der Waals surface area contributed by atoms with Crippen LogP contribution >= 0.6 is 7.75 Å². The molecule has 1 saturated heterocycles. The average molecular weight is 623 g/mol. The maximum Gasteiger partial charge on any atom is 0.459 e. The maximum atomic E-state index is 15.8. The van der Waals surface area contributed by atoms with Gasteiger partial charge in [0, 0.05) is 12.6 Å². The van der Waals surface area contributed by atoms with Gasteiger partial charge in [0.2, 0.25) is 5.91 Å². The fourth-order valence-electron chi connectivity index (χ4n) is 3.99. The third-order valence-corrected chi connectivity index (χ3v) is 7.94. The molecule has 1 aliphatic rings. The number of alkyl halides is 1. The van der Waals surface area contributed by atoms with Crippen molar-refractivity contribution >= 4 is 25.4 Å². The molecule has 2 unspecified atom stereocenters. The average Bonchev–Trinajstić information content (AvgIpc) is 3.19. The molecule has 1 fully saturated rings. The van der Waals surface area contributed by atoms with Crippen LogP contribution in [0, 0.1) is 0 Å². The van der Waals surface area contributed by atoms with Gasteiger partial charge in [-0.05, 0) is 44.9 Å². The fourth-order valence-corrected chi connectivity index (χ4v) is 5.49. The molecular formula is C28H36FN4O9P. The van der Waals surface area contributed by atoms with E-state index in [1.54, 1.807) is 30.4 Å². The van der Waals surface area contributed by atoms with Gasteiger partial charge in [-0.3, -0.25) is 18.7 Å². The number of benzene rings is 1. The molecule has 234 valence electrons. The molecule has 43 heavy (non-hydrogen) atoms. The van der Waals surface area contributed by atoms with Gasteiger partial charge in [0.1, 0.15) is 29.8 Å². The van der Waals surface area contributed by atoms with E-state index in [1.807, 2.05) is 0 Å². The van der Waals surface area contributed by atoms with E-state index in [2.05, 4.69) is 28.5 Å². The molecule has 6 atom stereocenters. The van der Waals surface area contributed by atoms with E-state index in [1.165, 1.54) is 31.3 Å². The number of allylic oxidation sites excluding steroid dienone is 1. The maximum absolute atomic E-state index is 15.8. The zero-order valence-electron chi connectivity index (χ0n) is 23.9. The minimum Gasteiger partial charge on any atom is -0.464 e. The van der Waals surface area contributed by atoms with Crippen molar-refractivity contribution < 1.29 is 42.2 Å². The number of esters is 1. The molecule has 2 aromatic rings. The van der Waals surface area contributed by atoms with Gasteiger partial charge >= 0.3 is 19.4 Å². The fraction of sp³-hybridized carbons (Fsp3) is 0.429. The Labute approximate surface area is 248 Å². The number of para-hydroxylation sites is 1. The molecule has 0 radical (unpaired) electrons. The van der Waals surface area contributed by atoms with E-state index in [0.29, 0.717) is 12.8 Å². The first kappa shape index (κ1) is 33.8. The lowest BCUT2D eigenvalue weighted by Gasteiger charge is -2.25. The quantitative estimate of drug-likeness (QED) is 0.109. The Balaban J connectivity index is 1.75. The number of rotatable bonds is 16. The van der Waals surface area contributed by atoms with Crippen LogP contribution in [0.5, 0.6) is 5.75 Å². The summed E-state index contributed by atoms with van der Waals surface area (Å²) in [5, 5.41) is 15.7. The third-order valence-electron chi connectivity index (χ3n) is 6.29. The summed E-state index contributed by atoms with van der Waals surface area (Å²) in [6, 6.07) is 8.10. The van der Waals surface area contributed by atoms with Gasteiger partial charge in [-0.15, -0.1) is 13.2 Å². The number of aromatic nitrogens is 2. The summed E-state index contributed by atoms with van der Waals surface area (Å²) in [6.07, 6.45) is 0.375. The van der Waals surface area contributed by atoms with Crippen LogP contribution in [0.1, 0.15) is 39.3 Å². The van der Waals surface area contributed by atoms with Crippen LogP contribution in [0.4, 0.5) is 10.2 Å². The van der Waals surface area contributed by atoms with Crippen molar-refractivity contribution in [3.63, 3.8) is 0 Å². The van der Waals surface area contributed by atoms with Crippen molar-refractivity contribution in [1.29, 1.82) is 0 Å². The lowest BCUT2D eigenvalue weighted by Crippen LogP contribution is -2.43. The zero-order valence-corrected chi connectivity index (χ0v) is 24.8. The zero-order chi connectivity index (χ0) is 31.6. The molecule has 1 amide bonds. The van der Waals surface area contributed by atoms with Crippen LogP contribution in [0.15, 0.2) is 72.7 Å². The number of ether oxygens (including phenoxy) is 2. The smallest absolute Gasteiger partial charge is 0.459 e. The molecule has 0 bridgehead atoms. The van der Waals surface area contributed by atoms with E-state index in [4.69, 9.17) is 18.5 Å². The van der Waals surface area contributed by atoms with E-state index in [0.717, 1.165) is 11.5 Å². The van der Waals surface area contributed by atoms with Crippen molar-refractivity contribution in [3.8, 4) is 5.75 Å². The molecule has 1 aromatic carbocycles. The number of carbonyl (C=O) groups excluding carboxylic acids is 2. The largest absolute Gasteiger partial charge is 0.464 e. The number of nitrogens with one attached hydrogen (secondary N) is 2. The molecule has 0 spiro atoms. The Morgan fingerprint density at radius 1 is 1.26 bits per heavy atom. The number of halogens is 1. The standard InChI is InChI=1S/C28H36FN4O9P/c1-5-7-14-23(34)30-22-15-16-33(27(37)31-22)26-28(4,29)24(35)21(41-26)18-40-43(38,42-20-12-10-9-11-13-20)32-19(3)25(36)39-17-8-6-2/h5-6,9-13,15-16,19,21,24,26,35H,1-2,7-8,14,17-18H2,3-4H3,(H,32,38)(H,30,31,34,37)/t19-,21+,24?,26+,28-,43?/m0/s1. The molecule has 1 aliphatic heterocycles. The first-order valence-electron chi connectivity index (χ1n) is 13.5. The number of carbonyl (C=O) groups is 2. The van der Waals surface area contributed by atoms with Crippen LogP contribution in [0.3, 0.4) is 0 Å². The second-order valence-corrected chi connectivity index (χ2v) is 11.5. The molecule has 13 nitrogen and oxygen atoms in total. The Morgan fingerprint density at radius 2 is 1.95 bits per heavy atom. The molecule has 0 aliphatic carbocycles. The van der Waals surface area contributed by atoms with Crippen LogP contribution < -0.4 is 20.6 Å². The Bertz CT molecular complexity index is 1390. The number of aliphatic hydroxyl groups excluding tert-OH is 1. The van der Waals surface area contributed by atoms with E-state index < -0.39 is 56.2 Å². The van der Waals surface area contributed by atoms with Crippen LogP contribution in [-0.2, 0) is 28.2 Å². The third kappa shape index (κ3) is 9.15. The number of hydrogen-bond donors (Lipinski definition) is 3. The van der Waals surface area contributed by atoms with Gasteiger partial charge in [-0.1, -0.05) is 30.4 Å². The van der Waals surface area contributed by atoms with E-state index in [-0.39, 0.29) is 30.5 Å². The summed E-state index contributed by atoms with van der Waals surface area (Å²) < 4.78 is 52.2. The monoisotopic (exact) mass is 622 g/mol. The first-order chi connectivity index (χ1) is 20.4. The van der Waals surface area contributed by atoms with Crippen LogP contribution in [0.25, 0.3) is 0 Å². The molecule has 15 heteroatoms. The van der Waals surface area contributed by atoms with Gasteiger partial charge < -0.3 is 24.4 Å². The Morgan fingerprint density at radius 3 is 2.60 bits per heavy atom. The van der Waals surface area contributed by atoms with Crippen LogP contribution in [0.2, 0.25) is 0 Å². The van der Waals surface area contributed by atoms with Crippen molar-refractivity contribution in [2.45, 2.75) is 63.3 Å². The molecular weight excluding hydrogens is 586 g/mol. The van der Waals surface area contributed by atoms with Gasteiger partial charge in [-0.2, -0.15) is 10.1 Å². The van der Waals surface area contributed by atoms with Gasteiger partial charge in [0.25, 0.3) is 0 Å². The molecule has 0 saturated carbocycles. The summed E-state index contributed by atoms with van der Waals surface area (Å²) in [4.78, 5) is 40.8. The SMILES string of the molecule is C=CCCOC(=O)[C@H](C)NP(=O)(OC[C@H]1O[C@@H](n2ccc(NC(=O)CCC=C)nc2=O)[C@@](C)(F)C1O)Oc1ccccc1. The lowest BCUT2D eigenvalue weighted by molar-refractivity contribution is -0.145. The second kappa shape index (κ2) is 15.2. The number of amides is 1. The lowest BCUT2D eigenvalue weighted by atomic mass is 9.98. The number of aliphatic hydroxyl groups is 1. The molecule has 1 aromatic heterocycles. The van der Waals surface area contributed by atoms with E-state index >= 15 is 4.39 Å². The summed E-state index contributed by atoms with van der Waals surface area (Å²) in [5.74, 6) is -1.03.